The van der Waals surface area contributed by atoms with Crippen LogP contribution in [0.15, 0.2) is 52.2 Å². The fourth-order valence-electron chi connectivity index (χ4n) is 2.79. The Morgan fingerprint density at radius 2 is 1.93 bits per heavy atom. The third-order valence-electron chi connectivity index (χ3n) is 4.24. The van der Waals surface area contributed by atoms with Gasteiger partial charge in [-0.15, -0.1) is 0 Å². The van der Waals surface area contributed by atoms with E-state index in [0.29, 0.717) is 28.3 Å². The molecule has 0 fully saturated rings. The molecule has 1 aliphatic heterocycles. The summed E-state index contributed by atoms with van der Waals surface area (Å²) in [5, 5.41) is 0.742. The van der Waals surface area contributed by atoms with Crippen LogP contribution in [0.1, 0.15) is 5.56 Å². The Morgan fingerprint density at radius 1 is 1.11 bits per heavy atom. The van der Waals surface area contributed by atoms with Gasteiger partial charge in [0.05, 0.1) is 12.0 Å². The Morgan fingerprint density at radius 3 is 2.74 bits per heavy atom. The topological polar surface area (TPSA) is 107 Å². The molecule has 0 bridgehead atoms. The molecule has 1 aliphatic rings. The highest BCUT2D eigenvalue weighted by Gasteiger charge is 2.20. The van der Waals surface area contributed by atoms with Crippen molar-refractivity contribution in [2.75, 3.05) is 13.9 Å². The summed E-state index contributed by atoms with van der Waals surface area (Å²) in [7, 11) is -2.28. The number of fused-ring (bicyclic) bond motifs is 2. The van der Waals surface area contributed by atoms with Crippen molar-refractivity contribution in [1.29, 1.82) is 0 Å². The van der Waals surface area contributed by atoms with Crippen molar-refractivity contribution in [1.82, 2.24) is 9.71 Å². The van der Waals surface area contributed by atoms with E-state index >= 15 is 0 Å². The Labute approximate surface area is 154 Å². The summed E-state index contributed by atoms with van der Waals surface area (Å²) >= 11 is 0. The summed E-state index contributed by atoms with van der Waals surface area (Å²) in [6, 6.07) is 11.2. The summed E-state index contributed by atoms with van der Waals surface area (Å²) in [6.07, 6.45) is 0. The summed E-state index contributed by atoms with van der Waals surface area (Å²) in [4.78, 5) is 15.0. The minimum atomic E-state index is -3.83. The number of ether oxygens (including phenoxy) is 3. The van der Waals surface area contributed by atoms with Crippen LogP contribution in [0.25, 0.3) is 10.9 Å². The second kappa shape index (κ2) is 6.60. The van der Waals surface area contributed by atoms with Crippen LogP contribution in [0.5, 0.6) is 17.2 Å². The molecule has 0 amide bonds. The van der Waals surface area contributed by atoms with E-state index < -0.39 is 10.0 Å². The third kappa shape index (κ3) is 3.34. The molecule has 140 valence electrons. The Balaban J connectivity index is 1.60. The molecule has 0 radical (unpaired) electrons. The summed E-state index contributed by atoms with van der Waals surface area (Å²) in [6.45, 7) is -0.0958. The predicted molar refractivity (Wildman–Crippen MR) is 97.7 cm³/mol. The second-order valence-corrected chi connectivity index (χ2v) is 7.68. The zero-order chi connectivity index (χ0) is 19.0. The zero-order valence-electron chi connectivity index (χ0n) is 14.3. The van der Waals surface area contributed by atoms with E-state index in [4.69, 9.17) is 14.2 Å². The zero-order valence-corrected chi connectivity index (χ0v) is 15.1. The summed E-state index contributed by atoms with van der Waals surface area (Å²) < 4.78 is 43.1. The molecule has 9 heteroatoms. The fourth-order valence-corrected chi connectivity index (χ4v) is 3.81. The second-order valence-electron chi connectivity index (χ2n) is 5.92. The number of nitrogens with one attached hydrogen (secondary N) is 2. The first-order chi connectivity index (χ1) is 13.0. The lowest BCUT2D eigenvalue weighted by Crippen LogP contribution is -2.27. The van der Waals surface area contributed by atoms with Crippen LogP contribution in [0.2, 0.25) is 0 Å². The largest absolute Gasteiger partial charge is 0.497 e. The molecule has 3 aromatic rings. The molecule has 2 heterocycles. The maximum atomic E-state index is 12.5. The molecular formula is C18H16N2O6S. The minimum Gasteiger partial charge on any atom is -0.497 e. The van der Waals surface area contributed by atoms with Crippen molar-refractivity contribution in [2.24, 2.45) is 0 Å². The number of hydrogen-bond acceptors (Lipinski definition) is 6. The Bertz CT molecular complexity index is 1190. The maximum Gasteiger partial charge on any atom is 0.252 e. The number of pyridine rings is 1. The molecular weight excluding hydrogens is 372 g/mol. The molecule has 4 rings (SSSR count). The number of H-pyrrole nitrogens is 1. The number of aromatic nitrogens is 1. The normalized spacial score (nSPS) is 13.1. The molecule has 0 atom stereocenters. The van der Waals surface area contributed by atoms with Gasteiger partial charge in [-0.1, -0.05) is 0 Å². The van der Waals surface area contributed by atoms with Gasteiger partial charge >= 0.3 is 0 Å². The first-order valence-electron chi connectivity index (χ1n) is 8.05. The van der Waals surface area contributed by atoms with Crippen LogP contribution in [-0.4, -0.2) is 27.3 Å². The summed E-state index contributed by atoms with van der Waals surface area (Å²) in [5.41, 5.74) is 0.573. The van der Waals surface area contributed by atoms with E-state index in [9.17, 15) is 13.2 Å². The third-order valence-corrected chi connectivity index (χ3v) is 5.63. The first kappa shape index (κ1) is 17.4. The lowest BCUT2D eigenvalue weighted by molar-refractivity contribution is 0.174. The van der Waals surface area contributed by atoms with Gasteiger partial charge in [0.2, 0.25) is 16.8 Å². The molecule has 0 unspecified atom stereocenters. The highest BCUT2D eigenvalue weighted by atomic mass is 32.2. The van der Waals surface area contributed by atoms with Crippen LogP contribution >= 0.6 is 0 Å². The SMILES string of the molecule is COc1ccc2[nH]c(=O)c(CNS(=O)(=O)c3ccc4c(c3)OCO4)cc2c1. The molecule has 0 spiro atoms. The van der Waals surface area contributed by atoms with Crippen molar-refractivity contribution < 1.29 is 22.6 Å². The van der Waals surface area contributed by atoms with Crippen molar-refractivity contribution >= 4 is 20.9 Å². The van der Waals surface area contributed by atoms with Gasteiger partial charge in [0.15, 0.2) is 11.5 Å². The van der Waals surface area contributed by atoms with Gasteiger partial charge in [0.25, 0.3) is 5.56 Å². The van der Waals surface area contributed by atoms with Crippen LogP contribution in [0, 0.1) is 0 Å². The van der Waals surface area contributed by atoms with Crippen molar-refractivity contribution in [2.45, 2.75) is 11.4 Å². The van der Waals surface area contributed by atoms with Gasteiger partial charge in [0, 0.05) is 29.1 Å². The number of methoxy groups -OCH3 is 1. The number of benzene rings is 2. The maximum absolute atomic E-state index is 12.5. The van der Waals surface area contributed by atoms with Crippen molar-refractivity contribution in [3.63, 3.8) is 0 Å². The molecule has 0 saturated heterocycles. The molecule has 0 aliphatic carbocycles. The average Bonchev–Trinajstić information content (AvgIpc) is 3.14. The number of rotatable bonds is 5. The quantitative estimate of drug-likeness (QED) is 0.690. The van der Waals surface area contributed by atoms with E-state index in [-0.39, 0.29) is 23.8 Å². The lowest BCUT2D eigenvalue weighted by Gasteiger charge is -2.08. The van der Waals surface area contributed by atoms with E-state index in [2.05, 4.69) is 9.71 Å². The number of sulfonamides is 1. The number of aromatic amines is 1. The Kier molecular flexibility index (Phi) is 4.25. The van der Waals surface area contributed by atoms with Crippen LogP contribution in [-0.2, 0) is 16.6 Å². The van der Waals surface area contributed by atoms with Gasteiger partial charge in [-0.25, -0.2) is 13.1 Å². The van der Waals surface area contributed by atoms with Crippen molar-refractivity contribution in [3.05, 3.63) is 58.4 Å². The van der Waals surface area contributed by atoms with Crippen LogP contribution < -0.4 is 24.5 Å². The van der Waals surface area contributed by atoms with Gasteiger partial charge in [-0.2, -0.15) is 0 Å². The lowest BCUT2D eigenvalue weighted by atomic mass is 10.1. The van der Waals surface area contributed by atoms with E-state index in [1.54, 1.807) is 31.4 Å². The minimum absolute atomic E-state index is 0.0330. The van der Waals surface area contributed by atoms with Gasteiger partial charge in [0.1, 0.15) is 5.75 Å². The molecule has 2 aromatic carbocycles. The summed E-state index contributed by atoms with van der Waals surface area (Å²) in [5.74, 6) is 1.50. The molecule has 1 aromatic heterocycles. The van der Waals surface area contributed by atoms with Gasteiger partial charge < -0.3 is 19.2 Å². The van der Waals surface area contributed by atoms with E-state index in [1.165, 1.54) is 18.2 Å². The van der Waals surface area contributed by atoms with E-state index in [0.717, 1.165) is 5.39 Å². The molecule has 8 nitrogen and oxygen atoms in total. The smallest absolute Gasteiger partial charge is 0.252 e. The predicted octanol–water partition coefficient (Wildman–Crippen LogP) is 1.74. The highest BCUT2D eigenvalue weighted by molar-refractivity contribution is 7.89. The highest BCUT2D eigenvalue weighted by Crippen LogP contribution is 2.33. The molecule has 27 heavy (non-hydrogen) atoms. The monoisotopic (exact) mass is 388 g/mol. The van der Waals surface area contributed by atoms with Crippen LogP contribution in [0.4, 0.5) is 0 Å². The average molecular weight is 388 g/mol. The van der Waals surface area contributed by atoms with E-state index in [1.807, 2.05) is 0 Å². The number of hydrogen-bond donors (Lipinski definition) is 2. The molecule has 0 saturated carbocycles. The molecule has 2 N–H and O–H groups in total. The van der Waals surface area contributed by atoms with Gasteiger partial charge in [-0.05, 0) is 36.4 Å². The first-order valence-corrected chi connectivity index (χ1v) is 9.54. The van der Waals surface area contributed by atoms with Crippen molar-refractivity contribution in [3.8, 4) is 17.2 Å². The standard InChI is InChI=1S/C18H16N2O6S/c1-24-13-2-4-15-11(7-13)6-12(18(21)20-15)9-19-27(22,23)14-3-5-16-17(8-14)26-10-25-16/h2-8,19H,9-10H2,1H3,(H,20,21). The Hall–Kier alpha value is -3.04. The van der Waals surface area contributed by atoms with Crippen LogP contribution in [0.3, 0.4) is 0 Å². The van der Waals surface area contributed by atoms with Gasteiger partial charge in [-0.3, -0.25) is 4.79 Å². The fraction of sp³-hybridized carbons (Fsp3) is 0.167.